The van der Waals surface area contributed by atoms with Crippen molar-refractivity contribution in [3.05, 3.63) is 0 Å². The fraction of sp³-hybridized carbons (Fsp3) is 1.00. The average Bonchev–Trinajstić information content (AvgIpc) is 3.27. The fourth-order valence-electron chi connectivity index (χ4n) is 8.76. The van der Waals surface area contributed by atoms with Gasteiger partial charge in [-0.15, -0.1) is 0 Å². The van der Waals surface area contributed by atoms with Gasteiger partial charge < -0.3 is 14.6 Å². The third kappa shape index (κ3) is 1.26. The molecule has 0 aromatic carbocycles. The van der Waals surface area contributed by atoms with E-state index in [2.05, 4.69) is 20.8 Å². The standard InChI is InChI=1S/C20H30O3/c1-16(2)12-5-7-18-10-17(3,14-15(18)23-14)6-4-13(18)19(12)8-9-20(16,21)22-11-19/h12-15,21H,4-11H2,1-3H3/t12-,13-,14?,15?,17-,18+,19+,20+/m0/s1. The van der Waals surface area contributed by atoms with E-state index in [-0.39, 0.29) is 5.41 Å². The molecular weight excluding hydrogens is 288 g/mol. The fourth-order valence-corrected chi connectivity index (χ4v) is 8.76. The van der Waals surface area contributed by atoms with Crippen LogP contribution in [0.2, 0.25) is 0 Å². The number of hydrogen-bond acceptors (Lipinski definition) is 3. The number of fused-ring (bicyclic) bond motifs is 5. The monoisotopic (exact) mass is 318 g/mol. The van der Waals surface area contributed by atoms with Gasteiger partial charge in [0.2, 0.25) is 0 Å². The van der Waals surface area contributed by atoms with Crippen molar-refractivity contribution in [2.24, 2.45) is 33.5 Å². The highest BCUT2D eigenvalue weighted by atomic mass is 16.6. The smallest absolute Gasteiger partial charge is 0.170 e. The maximum absolute atomic E-state index is 11.1. The minimum atomic E-state index is -0.888. The third-order valence-electron chi connectivity index (χ3n) is 9.85. The van der Waals surface area contributed by atoms with E-state index in [1.165, 1.54) is 32.1 Å². The molecule has 4 saturated carbocycles. The summed E-state index contributed by atoms with van der Waals surface area (Å²) in [5.74, 6) is 0.477. The highest BCUT2D eigenvalue weighted by Crippen LogP contribution is 2.79. The molecule has 4 bridgehead atoms. The summed E-state index contributed by atoms with van der Waals surface area (Å²) < 4.78 is 12.4. The molecule has 4 aliphatic carbocycles. The van der Waals surface area contributed by atoms with E-state index in [0.717, 1.165) is 25.4 Å². The normalized spacial score (nSPS) is 67.3. The van der Waals surface area contributed by atoms with Gasteiger partial charge in [0.05, 0.1) is 18.8 Å². The van der Waals surface area contributed by atoms with E-state index < -0.39 is 5.79 Å². The molecule has 0 aromatic rings. The van der Waals surface area contributed by atoms with Crippen LogP contribution in [0.3, 0.4) is 0 Å². The van der Waals surface area contributed by atoms with Crippen molar-refractivity contribution in [3.63, 3.8) is 0 Å². The number of epoxide rings is 1. The molecule has 2 unspecified atom stereocenters. The van der Waals surface area contributed by atoms with Gasteiger partial charge in [-0.2, -0.15) is 0 Å². The molecule has 2 spiro atoms. The molecule has 128 valence electrons. The second-order valence-corrected chi connectivity index (χ2v) is 10.8. The largest absolute Gasteiger partial charge is 0.368 e. The van der Waals surface area contributed by atoms with Crippen molar-refractivity contribution in [1.29, 1.82) is 0 Å². The van der Waals surface area contributed by atoms with Crippen LogP contribution in [0.5, 0.6) is 0 Å². The van der Waals surface area contributed by atoms with Crippen LogP contribution >= 0.6 is 0 Å². The van der Waals surface area contributed by atoms with Gasteiger partial charge in [-0.25, -0.2) is 0 Å². The van der Waals surface area contributed by atoms with Crippen molar-refractivity contribution in [2.45, 2.75) is 83.7 Å². The van der Waals surface area contributed by atoms with Crippen LogP contribution in [-0.2, 0) is 9.47 Å². The second kappa shape index (κ2) is 3.54. The summed E-state index contributed by atoms with van der Waals surface area (Å²) in [6.07, 6.45) is 9.76. The predicted molar refractivity (Wildman–Crippen MR) is 85.6 cm³/mol. The van der Waals surface area contributed by atoms with Crippen LogP contribution in [0, 0.1) is 33.5 Å². The quantitative estimate of drug-likeness (QED) is 0.695. The van der Waals surface area contributed by atoms with Gasteiger partial charge in [0.15, 0.2) is 5.79 Å². The summed E-state index contributed by atoms with van der Waals surface area (Å²) in [6, 6.07) is 0. The Hall–Kier alpha value is -0.120. The molecule has 7 rings (SSSR count). The molecule has 3 nitrogen and oxygen atoms in total. The lowest BCUT2D eigenvalue weighted by Gasteiger charge is -2.71. The topological polar surface area (TPSA) is 42.0 Å². The van der Waals surface area contributed by atoms with Crippen molar-refractivity contribution in [2.75, 3.05) is 6.61 Å². The Labute approximate surface area is 139 Å². The molecule has 8 atom stereocenters. The van der Waals surface area contributed by atoms with Crippen LogP contribution in [0.1, 0.15) is 65.7 Å². The Morgan fingerprint density at radius 2 is 1.65 bits per heavy atom. The molecule has 7 fully saturated rings. The van der Waals surface area contributed by atoms with E-state index in [9.17, 15) is 5.11 Å². The zero-order chi connectivity index (χ0) is 15.9. The van der Waals surface area contributed by atoms with E-state index in [4.69, 9.17) is 9.47 Å². The van der Waals surface area contributed by atoms with Crippen LogP contribution in [0.15, 0.2) is 0 Å². The molecule has 3 aliphatic heterocycles. The molecule has 3 saturated heterocycles. The van der Waals surface area contributed by atoms with Crippen molar-refractivity contribution in [1.82, 2.24) is 0 Å². The second-order valence-electron chi connectivity index (χ2n) is 10.8. The van der Waals surface area contributed by atoms with Gasteiger partial charge in [-0.3, -0.25) is 0 Å². The molecule has 0 aromatic heterocycles. The van der Waals surface area contributed by atoms with Crippen molar-refractivity contribution < 1.29 is 14.6 Å². The van der Waals surface area contributed by atoms with Crippen LogP contribution < -0.4 is 0 Å². The summed E-state index contributed by atoms with van der Waals surface area (Å²) in [5.41, 5.74) is 1.06. The zero-order valence-electron chi connectivity index (χ0n) is 14.7. The number of rotatable bonds is 0. The lowest BCUT2D eigenvalue weighted by molar-refractivity contribution is -0.395. The first-order chi connectivity index (χ1) is 10.8. The Kier molecular flexibility index (Phi) is 2.17. The first-order valence-corrected chi connectivity index (χ1v) is 9.79. The van der Waals surface area contributed by atoms with Gasteiger partial charge in [-0.1, -0.05) is 20.8 Å². The molecule has 1 N–H and O–H groups in total. The summed E-state index contributed by atoms with van der Waals surface area (Å²) in [4.78, 5) is 0. The van der Waals surface area contributed by atoms with Gasteiger partial charge in [0.25, 0.3) is 0 Å². The summed E-state index contributed by atoms with van der Waals surface area (Å²) in [7, 11) is 0. The number of ether oxygens (including phenoxy) is 2. The van der Waals surface area contributed by atoms with Crippen molar-refractivity contribution >= 4 is 0 Å². The minimum absolute atomic E-state index is 0.117. The van der Waals surface area contributed by atoms with E-state index in [1.54, 1.807) is 0 Å². The molecule has 3 heterocycles. The van der Waals surface area contributed by atoms with Crippen LogP contribution in [0.4, 0.5) is 0 Å². The minimum Gasteiger partial charge on any atom is -0.368 e. The van der Waals surface area contributed by atoms with E-state index in [1.807, 2.05) is 0 Å². The van der Waals surface area contributed by atoms with Gasteiger partial charge in [0.1, 0.15) is 0 Å². The van der Waals surface area contributed by atoms with E-state index >= 15 is 0 Å². The van der Waals surface area contributed by atoms with Crippen LogP contribution in [-0.4, -0.2) is 29.7 Å². The molecule has 7 aliphatic rings. The molecule has 23 heavy (non-hydrogen) atoms. The highest BCUT2D eigenvalue weighted by molar-refractivity contribution is 5.27. The Balaban J connectivity index is 1.49. The SMILES string of the molecule is CC1(C)[C@@H]2CC[C@@]34C[C@](C)(CC[C@@H]3[C@@]23CC[C@@]1(O)OC3)C1OC14. The third-order valence-corrected chi connectivity index (χ3v) is 9.85. The molecule has 3 heteroatoms. The van der Waals surface area contributed by atoms with Gasteiger partial charge in [-0.05, 0) is 55.8 Å². The van der Waals surface area contributed by atoms with Gasteiger partial charge >= 0.3 is 0 Å². The van der Waals surface area contributed by atoms with Gasteiger partial charge in [0, 0.05) is 22.7 Å². The molecule has 0 amide bonds. The lowest BCUT2D eigenvalue weighted by Crippen LogP contribution is -2.72. The van der Waals surface area contributed by atoms with Crippen LogP contribution in [0.25, 0.3) is 0 Å². The predicted octanol–water partition coefficient (Wildman–Crippen LogP) is 3.50. The van der Waals surface area contributed by atoms with E-state index in [0.29, 0.717) is 34.4 Å². The number of hydrogen-bond donors (Lipinski definition) is 1. The highest BCUT2D eigenvalue weighted by Gasteiger charge is 2.80. The first-order valence-electron chi connectivity index (χ1n) is 9.79. The first kappa shape index (κ1) is 14.1. The Morgan fingerprint density at radius 1 is 0.870 bits per heavy atom. The molecular formula is C20H30O3. The summed E-state index contributed by atoms with van der Waals surface area (Å²) >= 11 is 0. The zero-order valence-corrected chi connectivity index (χ0v) is 14.7. The lowest BCUT2D eigenvalue weighted by atomic mass is 9.38. The molecule has 0 radical (unpaired) electrons. The maximum Gasteiger partial charge on any atom is 0.170 e. The Morgan fingerprint density at radius 3 is 2.39 bits per heavy atom. The number of aliphatic hydroxyl groups is 1. The average molecular weight is 318 g/mol. The maximum atomic E-state index is 11.1. The van der Waals surface area contributed by atoms with Crippen molar-refractivity contribution in [3.8, 4) is 0 Å². The summed E-state index contributed by atoms with van der Waals surface area (Å²) in [5, 5.41) is 11.1. The Bertz CT molecular complexity index is 590. The summed E-state index contributed by atoms with van der Waals surface area (Å²) in [6.45, 7) is 7.80.